The fourth-order valence-electron chi connectivity index (χ4n) is 3.13. The summed E-state index contributed by atoms with van der Waals surface area (Å²) in [6, 6.07) is 10.2. The molecule has 1 amide bonds. The summed E-state index contributed by atoms with van der Waals surface area (Å²) in [5, 5.41) is 3.24. The average molecular weight is 321 g/mol. The maximum absolute atomic E-state index is 12.9. The zero-order valence-corrected chi connectivity index (χ0v) is 13.2. The lowest BCUT2D eigenvalue weighted by Gasteiger charge is -2.14. The third-order valence-electron chi connectivity index (χ3n) is 4.28. The van der Waals surface area contributed by atoms with Crippen molar-refractivity contribution in [2.45, 2.75) is 13.0 Å². The number of fused-ring (bicyclic) bond motifs is 2. The molecule has 24 heavy (non-hydrogen) atoms. The lowest BCUT2D eigenvalue weighted by molar-refractivity contribution is -0.117. The fourth-order valence-corrected chi connectivity index (χ4v) is 3.13. The minimum atomic E-state index is -0.712. The Balaban J connectivity index is 1.96. The van der Waals surface area contributed by atoms with Gasteiger partial charge < -0.3 is 10.1 Å². The highest BCUT2D eigenvalue weighted by Crippen LogP contribution is 2.33. The summed E-state index contributed by atoms with van der Waals surface area (Å²) in [6.45, 7) is 1.95. The first-order valence-electron chi connectivity index (χ1n) is 7.55. The van der Waals surface area contributed by atoms with E-state index in [1.54, 1.807) is 18.2 Å². The molecular formula is C18H15N3O3. The lowest BCUT2D eigenvalue weighted by Crippen LogP contribution is -2.30. The van der Waals surface area contributed by atoms with Crippen molar-refractivity contribution in [1.82, 2.24) is 9.55 Å². The Labute approximate surface area is 137 Å². The molecule has 1 aliphatic heterocycles. The molecule has 4 rings (SSSR count). The molecule has 0 saturated carbocycles. The number of para-hydroxylation sites is 1. The van der Waals surface area contributed by atoms with Gasteiger partial charge in [0.2, 0.25) is 0 Å². The average Bonchev–Trinajstić information content (AvgIpc) is 2.90. The molecule has 0 bridgehead atoms. The maximum Gasteiger partial charge on any atom is 0.262 e. The molecule has 6 nitrogen and oxygen atoms in total. The second-order valence-corrected chi connectivity index (χ2v) is 5.80. The third-order valence-corrected chi connectivity index (χ3v) is 4.28. The van der Waals surface area contributed by atoms with E-state index in [2.05, 4.69) is 10.3 Å². The van der Waals surface area contributed by atoms with Gasteiger partial charge in [-0.25, -0.2) is 4.98 Å². The number of nitrogens with zero attached hydrogens (tertiary/aromatic N) is 2. The van der Waals surface area contributed by atoms with Crippen LogP contribution in [0.3, 0.4) is 0 Å². The quantitative estimate of drug-likeness (QED) is 0.786. The van der Waals surface area contributed by atoms with Gasteiger partial charge in [0, 0.05) is 11.3 Å². The summed E-state index contributed by atoms with van der Waals surface area (Å²) in [4.78, 5) is 29.7. The van der Waals surface area contributed by atoms with E-state index < -0.39 is 6.04 Å². The Morgan fingerprint density at radius 3 is 2.83 bits per heavy atom. The molecule has 1 N–H and O–H groups in total. The van der Waals surface area contributed by atoms with Crippen LogP contribution in [-0.4, -0.2) is 22.6 Å². The molecule has 3 aromatic rings. The van der Waals surface area contributed by atoms with Gasteiger partial charge in [-0.2, -0.15) is 0 Å². The van der Waals surface area contributed by atoms with Crippen LogP contribution in [0.25, 0.3) is 10.9 Å². The number of methoxy groups -OCH3 is 1. The number of hydrogen-bond donors (Lipinski definition) is 1. The van der Waals surface area contributed by atoms with Gasteiger partial charge in [0.25, 0.3) is 11.5 Å². The summed E-state index contributed by atoms with van der Waals surface area (Å²) in [6.07, 6.45) is 1.41. The number of benzene rings is 2. The molecule has 1 atom stereocenters. The highest BCUT2D eigenvalue weighted by atomic mass is 16.5. The molecule has 1 aliphatic rings. The minimum Gasteiger partial charge on any atom is -0.494 e. The Bertz CT molecular complexity index is 1040. The van der Waals surface area contributed by atoms with Crippen LogP contribution in [0.1, 0.15) is 17.2 Å². The van der Waals surface area contributed by atoms with Crippen LogP contribution in [0.4, 0.5) is 5.69 Å². The summed E-state index contributed by atoms with van der Waals surface area (Å²) in [7, 11) is 1.53. The first-order chi connectivity index (χ1) is 11.6. The van der Waals surface area contributed by atoms with Crippen molar-refractivity contribution in [2.24, 2.45) is 0 Å². The van der Waals surface area contributed by atoms with Crippen LogP contribution in [0.5, 0.6) is 5.75 Å². The highest BCUT2D eigenvalue weighted by Gasteiger charge is 2.33. The molecule has 1 aromatic heterocycles. The van der Waals surface area contributed by atoms with Crippen LogP contribution in [0.15, 0.2) is 47.5 Å². The fraction of sp³-hybridized carbons (Fsp3) is 0.167. The Morgan fingerprint density at radius 1 is 1.21 bits per heavy atom. The number of aromatic nitrogens is 2. The van der Waals surface area contributed by atoms with Crippen molar-refractivity contribution in [3.05, 3.63) is 64.2 Å². The molecule has 0 fully saturated rings. The Kier molecular flexibility index (Phi) is 3.13. The number of rotatable bonds is 2. The molecule has 0 spiro atoms. The van der Waals surface area contributed by atoms with Crippen molar-refractivity contribution in [2.75, 3.05) is 12.4 Å². The van der Waals surface area contributed by atoms with E-state index in [4.69, 9.17) is 4.74 Å². The summed E-state index contributed by atoms with van der Waals surface area (Å²) >= 11 is 0. The first-order valence-corrected chi connectivity index (χ1v) is 7.55. The van der Waals surface area contributed by atoms with Crippen LogP contribution >= 0.6 is 0 Å². The van der Waals surface area contributed by atoms with E-state index >= 15 is 0 Å². The molecule has 0 saturated heterocycles. The molecule has 6 heteroatoms. The predicted molar refractivity (Wildman–Crippen MR) is 90.5 cm³/mol. The largest absolute Gasteiger partial charge is 0.494 e. The SMILES string of the molecule is COc1cccc2c(=O)n(C3C(=O)Nc4ccc(C)cc43)cnc12. The van der Waals surface area contributed by atoms with E-state index in [0.29, 0.717) is 16.7 Å². The Morgan fingerprint density at radius 2 is 2.04 bits per heavy atom. The predicted octanol–water partition coefficient (Wildman–Crippen LogP) is 2.26. The van der Waals surface area contributed by atoms with Crippen molar-refractivity contribution >= 4 is 22.5 Å². The number of carbonyl (C=O) groups excluding carboxylic acids is 1. The van der Waals surface area contributed by atoms with Gasteiger partial charge in [0.05, 0.1) is 18.8 Å². The summed E-state index contributed by atoms with van der Waals surface area (Å²) < 4.78 is 6.63. The second kappa shape index (κ2) is 5.19. The van der Waals surface area contributed by atoms with Gasteiger partial charge in [0.1, 0.15) is 17.3 Å². The number of nitrogens with one attached hydrogen (secondary N) is 1. The van der Waals surface area contributed by atoms with Crippen LogP contribution in [-0.2, 0) is 4.79 Å². The molecule has 120 valence electrons. The highest BCUT2D eigenvalue weighted by molar-refractivity contribution is 6.03. The third kappa shape index (κ3) is 2.00. The minimum absolute atomic E-state index is 0.234. The van der Waals surface area contributed by atoms with Crippen LogP contribution < -0.4 is 15.6 Å². The zero-order valence-electron chi connectivity index (χ0n) is 13.2. The molecule has 0 radical (unpaired) electrons. The first kappa shape index (κ1) is 14.4. The molecular weight excluding hydrogens is 306 g/mol. The molecule has 0 aliphatic carbocycles. The van der Waals surface area contributed by atoms with Crippen molar-refractivity contribution in [3.8, 4) is 5.75 Å². The van der Waals surface area contributed by atoms with E-state index in [-0.39, 0.29) is 11.5 Å². The normalized spacial score (nSPS) is 16.1. The number of amides is 1. The van der Waals surface area contributed by atoms with Gasteiger partial charge >= 0.3 is 0 Å². The van der Waals surface area contributed by atoms with Crippen molar-refractivity contribution < 1.29 is 9.53 Å². The number of carbonyl (C=O) groups is 1. The smallest absolute Gasteiger partial charge is 0.262 e. The molecule has 1 unspecified atom stereocenters. The molecule has 2 heterocycles. The van der Waals surface area contributed by atoms with Crippen molar-refractivity contribution in [3.63, 3.8) is 0 Å². The van der Waals surface area contributed by atoms with Crippen LogP contribution in [0, 0.1) is 6.92 Å². The monoisotopic (exact) mass is 321 g/mol. The topological polar surface area (TPSA) is 73.2 Å². The standard InChI is InChI=1S/C18H15N3O3/c1-10-6-7-13-12(8-10)16(17(22)20-13)21-9-19-15-11(18(21)23)4-3-5-14(15)24-2/h3-9,16H,1-2H3,(H,20,22). The van der Waals surface area contributed by atoms with E-state index in [9.17, 15) is 9.59 Å². The van der Waals surface area contributed by atoms with E-state index in [0.717, 1.165) is 16.8 Å². The van der Waals surface area contributed by atoms with E-state index in [1.807, 2.05) is 25.1 Å². The van der Waals surface area contributed by atoms with Gasteiger partial charge in [-0.1, -0.05) is 23.8 Å². The van der Waals surface area contributed by atoms with Gasteiger partial charge in [-0.3, -0.25) is 14.2 Å². The van der Waals surface area contributed by atoms with Gasteiger partial charge in [-0.05, 0) is 25.1 Å². The molecule has 2 aromatic carbocycles. The van der Waals surface area contributed by atoms with Crippen molar-refractivity contribution in [1.29, 1.82) is 0 Å². The lowest BCUT2D eigenvalue weighted by atomic mass is 10.1. The maximum atomic E-state index is 12.9. The number of hydrogen-bond acceptors (Lipinski definition) is 4. The van der Waals surface area contributed by atoms with Gasteiger partial charge in [-0.15, -0.1) is 0 Å². The van der Waals surface area contributed by atoms with Crippen LogP contribution in [0.2, 0.25) is 0 Å². The Hall–Kier alpha value is -3.15. The van der Waals surface area contributed by atoms with E-state index in [1.165, 1.54) is 18.0 Å². The second-order valence-electron chi connectivity index (χ2n) is 5.80. The number of aryl methyl sites for hydroxylation is 1. The van der Waals surface area contributed by atoms with Gasteiger partial charge in [0.15, 0.2) is 0 Å². The number of ether oxygens (including phenoxy) is 1. The number of anilines is 1. The summed E-state index contributed by atoms with van der Waals surface area (Å²) in [5.41, 5.74) is 2.76. The summed E-state index contributed by atoms with van der Waals surface area (Å²) in [5.74, 6) is 0.297. The zero-order chi connectivity index (χ0) is 16.8.